The van der Waals surface area contributed by atoms with E-state index in [0.29, 0.717) is 37.4 Å². The number of nitriles is 1. The second-order valence-electron chi connectivity index (χ2n) is 11.0. The highest BCUT2D eigenvalue weighted by molar-refractivity contribution is 7.95. The van der Waals surface area contributed by atoms with Crippen LogP contribution in [0.4, 0.5) is 17.5 Å². The lowest BCUT2D eigenvalue weighted by molar-refractivity contribution is -0.137. The Morgan fingerprint density at radius 3 is 2.47 bits per heavy atom. The van der Waals surface area contributed by atoms with Crippen LogP contribution >= 0.6 is 0 Å². The SMILES string of the molecule is C[C@@H]1CN(c2ncnc3c2C(C)(C)CN3c2cc(C#N)ccn2)[C@@H](C)CN1C(=O)[C@]1(C)CCS1(=O)=O. The van der Waals surface area contributed by atoms with E-state index < -0.39 is 14.6 Å². The number of carbonyl (C=O) groups is 1. The zero-order valence-electron chi connectivity index (χ0n) is 21.3. The molecule has 190 valence electrons. The first-order valence-electron chi connectivity index (χ1n) is 12.2. The summed E-state index contributed by atoms with van der Waals surface area (Å²) in [5.41, 5.74) is 1.24. The fraction of sp³-hybridized carbons (Fsp3) is 0.560. The number of rotatable bonds is 3. The summed E-state index contributed by atoms with van der Waals surface area (Å²) in [4.78, 5) is 33.1. The van der Waals surface area contributed by atoms with Crippen LogP contribution in [0.15, 0.2) is 24.7 Å². The monoisotopic (exact) mass is 509 g/mol. The van der Waals surface area contributed by atoms with Crippen LogP contribution in [0.3, 0.4) is 0 Å². The lowest BCUT2D eigenvalue weighted by Gasteiger charge is -2.49. The molecule has 0 spiro atoms. The molecule has 2 saturated heterocycles. The molecule has 3 aliphatic rings. The van der Waals surface area contributed by atoms with Gasteiger partial charge in [-0.15, -0.1) is 0 Å². The smallest absolute Gasteiger partial charge is 0.244 e. The van der Waals surface area contributed by atoms with E-state index in [2.05, 4.69) is 34.8 Å². The first-order chi connectivity index (χ1) is 16.9. The number of piperazine rings is 1. The van der Waals surface area contributed by atoms with E-state index in [1.165, 1.54) is 0 Å². The van der Waals surface area contributed by atoms with Gasteiger partial charge in [0.2, 0.25) is 5.91 Å². The molecular weight excluding hydrogens is 478 g/mol. The number of pyridine rings is 1. The third-order valence-corrected chi connectivity index (χ3v) is 10.4. The fourth-order valence-electron chi connectivity index (χ4n) is 5.59. The molecule has 1 amide bonds. The maximum absolute atomic E-state index is 13.3. The Labute approximate surface area is 211 Å². The lowest BCUT2D eigenvalue weighted by Crippen LogP contribution is -2.66. The predicted octanol–water partition coefficient (Wildman–Crippen LogP) is 2.18. The lowest BCUT2D eigenvalue weighted by atomic mass is 9.87. The van der Waals surface area contributed by atoms with Crippen molar-refractivity contribution in [2.24, 2.45) is 0 Å². The standard InChI is InChI=1S/C25H31N7O3S/c1-16-13-31(23(33)25(5)7-9-36(25,34)35)17(2)12-30(16)21-20-22(29-15-28-21)32(14-24(20,3)4)19-10-18(11-26)6-8-27-19/h6,8,10,15-17H,7,9,12-14H2,1-5H3/t16-,17+,25-/m0/s1. The van der Waals surface area contributed by atoms with Crippen molar-refractivity contribution < 1.29 is 13.2 Å². The van der Waals surface area contributed by atoms with Gasteiger partial charge in [0, 0.05) is 48.9 Å². The summed E-state index contributed by atoms with van der Waals surface area (Å²) >= 11 is 0. The van der Waals surface area contributed by atoms with Crippen molar-refractivity contribution in [1.29, 1.82) is 5.26 Å². The van der Waals surface area contributed by atoms with Gasteiger partial charge in [0.25, 0.3) is 0 Å². The minimum Gasteiger partial charge on any atom is -0.350 e. The third-order valence-electron chi connectivity index (χ3n) is 7.95. The van der Waals surface area contributed by atoms with Crippen molar-refractivity contribution >= 4 is 33.2 Å². The van der Waals surface area contributed by atoms with E-state index in [-0.39, 0.29) is 29.2 Å². The van der Waals surface area contributed by atoms with Gasteiger partial charge in [-0.05, 0) is 39.3 Å². The van der Waals surface area contributed by atoms with Gasteiger partial charge in [-0.25, -0.2) is 23.4 Å². The van der Waals surface area contributed by atoms with Crippen LogP contribution in [0.1, 0.15) is 52.2 Å². The minimum absolute atomic E-state index is 0.0691. The number of hydrogen-bond acceptors (Lipinski definition) is 9. The largest absolute Gasteiger partial charge is 0.350 e. The molecule has 0 N–H and O–H groups in total. The number of anilines is 3. The molecule has 36 heavy (non-hydrogen) atoms. The second kappa shape index (κ2) is 8.13. The van der Waals surface area contributed by atoms with E-state index in [4.69, 9.17) is 4.98 Å². The maximum atomic E-state index is 13.3. The minimum atomic E-state index is -3.39. The molecule has 2 aromatic heterocycles. The quantitative estimate of drug-likeness (QED) is 0.612. The summed E-state index contributed by atoms with van der Waals surface area (Å²) < 4.78 is 23.5. The first-order valence-corrected chi connectivity index (χ1v) is 13.8. The molecule has 0 saturated carbocycles. The number of aromatic nitrogens is 3. The Morgan fingerprint density at radius 2 is 1.83 bits per heavy atom. The maximum Gasteiger partial charge on any atom is 0.244 e. The van der Waals surface area contributed by atoms with Crippen molar-refractivity contribution in [2.75, 3.05) is 35.2 Å². The number of fused-ring (bicyclic) bond motifs is 1. The third kappa shape index (κ3) is 3.53. The summed E-state index contributed by atoms with van der Waals surface area (Å²) in [6, 6.07) is 5.36. The average Bonchev–Trinajstić information content (AvgIpc) is 3.14. The van der Waals surface area contributed by atoms with E-state index in [1.807, 2.05) is 18.7 Å². The van der Waals surface area contributed by atoms with E-state index in [0.717, 1.165) is 17.2 Å². The Kier molecular flexibility index (Phi) is 5.52. The van der Waals surface area contributed by atoms with Crippen LogP contribution in [0.2, 0.25) is 0 Å². The van der Waals surface area contributed by atoms with Gasteiger partial charge >= 0.3 is 0 Å². The van der Waals surface area contributed by atoms with Crippen molar-refractivity contribution in [3.8, 4) is 6.07 Å². The highest BCUT2D eigenvalue weighted by Gasteiger charge is 2.57. The number of carbonyl (C=O) groups excluding carboxylic acids is 1. The Morgan fingerprint density at radius 1 is 1.11 bits per heavy atom. The molecule has 5 rings (SSSR count). The van der Waals surface area contributed by atoms with Gasteiger partial charge in [0.05, 0.1) is 17.4 Å². The molecule has 11 heteroatoms. The summed E-state index contributed by atoms with van der Waals surface area (Å²) in [5.74, 6) is 2.02. The van der Waals surface area contributed by atoms with Crippen LogP contribution in [0.25, 0.3) is 0 Å². The average molecular weight is 510 g/mol. The summed E-state index contributed by atoms with van der Waals surface area (Å²) in [6.45, 7) is 11.4. The normalized spacial score (nSPS) is 28.3. The molecule has 0 radical (unpaired) electrons. The second-order valence-corrected chi connectivity index (χ2v) is 13.5. The van der Waals surface area contributed by atoms with Gasteiger partial charge in [-0.3, -0.25) is 4.79 Å². The highest BCUT2D eigenvalue weighted by atomic mass is 32.2. The van der Waals surface area contributed by atoms with Crippen molar-refractivity contribution in [1.82, 2.24) is 19.9 Å². The predicted molar refractivity (Wildman–Crippen MR) is 136 cm³/mol. The Bertz CT molecular complexity index is 1390. The first kappa shape index (κ1) is 24.4. The van der Waals surface area contributed by atoms with Gasteiger partial charge in [0.15, 0.2) is 9.84 Å². The van der Waals surface area contributed by atoms with E-state index in [1.54, 1.807) is 36.5 Å². The molecule has 5 heterocycles. The molecule has 0 aromatic carbocycles. The van der Waals surface area contributed by atoms with Gasteiger partial charge < -0.3 is 14.7 Å². The molecule has 10 nitrogen and oxygen atoms in total. The number of sulfone groups is 1. The molecule has 3 aliphatic heterocycles. The summed E-state index contributed by atoms with van der Waals surface area (Å²) in [7, 11) is -3.39. The molecule has 2 fully saturated rings. The molecule has 0 aliphatic carbocycles. The topological polar surface area (TPSA) is 123 Å². The summed E-state index contributed by atoms with van der Waals surface area (Å²) in [6.07, 6.45) is 3.55. The molecule has 0 unspecified atom stereocenters. The van der Waals surface area contributed by atoms with Crippen molar-refractivity contribution in [3.05, 3.63) is 35.8 Å². The summed E-state index contributed by atoms with van der Waals surface area (Å²) in [5, 5.41) is 9.34. The highest BCUT2D eigenvalue weighted by Crippen LogP contribution is 2.47. The van der Waals surface area contributed by atoms with Crippen LogP contribution in [-0.2, 0) is 20.0 Å². The van der Waals surface area contributed by atoms with Crippen LogP contribution in [0.5, 0.6) is 0 Å². The van der Waals surface area contributed by atoms with Crippen molar-refractivity contribution in [3.63, 3.8) is 0 Å². The zero-order valence-corrected chi connectivity index (χ0v) is 22.1. The molecule has 2 aromatic rings. The molecule has 0 bridgehead atoms. The van der Waals surface area contributed by atoms with Crippen molar-refractivity contribution in [2.45, 2.75) is 63.3 Å². The Balaban J connectivity index is 1.47. The van der Waals surface area contributed by atoms with Gasteiger partial charge in [0.1, 0.15) is 28.5 Å². The van der Waals surface area contributed by atoms with E-state index in [9.17, 15) is 18.5 Å². The fourth-order valence-corrected chi connectivity index (χ4v) is 7.13. The van der Waals surface area contributed by atoms with Gasteiger partial charge in [-0.1, -0.05) is 13.8 Å². The number of amides is 1. The van der Waals surface area contributed by atoms with Crippen LogP contribution < -0.4 is 9.80 Å². The number of nitrogens with zero attached hydrogens (tertiary/aromatic N) is 7. The number of hydrogen-bond donors (Lipinski definition) is 0. The molecular formula is C25H31N7O3S. The zero-order chi connectivity index (χ0) is 26.0. The van der Waals surface area contributed by atoms with Crippen LogP contribution in [0, 0.1) is 11.3 Å². The van der Waals surface area contributed by atoms with E-state index >= 15 is 0 Å². The Hall–Kier alpha value is -3.26. The van der Waals surface area contributed by atoms with Crippen LogP contribution in [-0.4, -0.2) is 76.4 Å². The van der Waals surface area contributed by atoms with Gasteiger partial charge in [-0.2, -0.15) is 5.26 Å². The molecule has 3 atom stereocenters.